The topological polar surface area (TPSA) is 108 Å². The van der Waals surface area contributed by atoms with Crippen LogP contribution in [0.25, 0.3) is 33.5 Å². The molecular formula is C32H22ClFN4O5. The molecule has 0 aliphatic heterocycles. The Morgan fingerprint density at radius 1 is 1.05 bits per heavy atom. The quantitative estimate of drug-likeness (QED) is 0.201. The largest absolute Gasteiger partial charge is 0.493 e. The minimum absolute atomic E-state index is 0.214. The fourth-order valence-corrected chi connectivity index (χ4v) is 4.58. The Morgan fingerprint density at radius 3 is 2.67 bits per heavy atom. The highest BCUT2D eigenvalue weighted by Gasteiger charge is 2.17. The summed E-state index contributed by atoms with van der Waals surface area (Å²) in [5, 5.41) is 8.80. The molecule has 6 aromatic rings. The van der Waals surface area contributed by atoms with E-state index in [1.807, 2.05) is 0 Å². The lowest BCUT2D eigenvalue weighted by molar-refractivity contribution is -0.118. The fraction of sp³-hybridized carbons (Fsp3) is 0.0625. The van der Waals surface area contributed by atoms with E-state index >= 15 is 0 Å². The lowest BCUT2D eigenvalue weighted by Gasteiger charge is -2.12. The summed E-state index contributed by atoms with van der Waals surface area (Å²) in [5.74, 6) is 0.393. The zero-order valence-electron chi connectivity index (χ0n) is 22.6. The molecule has 6 rings (SSSR count). The number of methoxy groups -OCH3 is 1. The number of nitrogens with one attached hydrogen (secondary N) is 1. The fourth-order valence-electron chi connectivity index (χ4n) is 4.40. The number of nitrogens with zero attached hydrogens (tertiary/aromatic N) is 3. The number of hydrogen-bond donors (Lipinski definition) is 1. The van der Waals surface area contributed by atoms with Gasteiger partial charge in [0.15, 0.2) is 23.9 Å². The molecule has 11 heteroatoms. The van der Waals surface area contributed by atoms with E-state index in [1.165, 1.54) is 42.3 Å². The summed E-state index contributed by atoms with van der Waals surface area (Å²) in [4.78, 5) is 30.5. The molecule has 0 aliphatic rings. The molecule has 0 unspecified atom stereocenters. The minimum atomic E-state index is -0.428. The second-order valence-corrected chi connectivity index (χ2v) is 9.80. The lowest BCUT2D eigenvalue weighted by Crippen LogP contribution is -2.20. The van der Waals surface area contributed by atoms with Crippen molar-refractivity contribution in [2.24, 2.45) is 5.10 Å². The second-order valence-electron chi connectivity index (χ2n) is 9.36. The molecule has 214 valence electrons. The maximum Gasteiger partial charge on any atom is 0.282 e. The van der Waals surface area contributed by atoms with Crippen LogP contribution in [0.3, 0.4) is 0 Å². The molecule has 9 nitrogen and oxygen atoms in total. The normalized spacial score (nSPS) is 11.3. The Bertz CT molecular complexity index is 2070. The molecule has 43 heavy (non-hydrogen) atoms. The third kappa shape index (κ3) is 5.95. The Balaban J connectivity index is 1.28. The summed E-state index contributed by atoms with van der Waals surface area (Å²) in [6.45, 7) is -0.300. The summed E-state index contributed by atoms with van der Waals surface area (Å²) >= 11 is 6.15. The average molecular weight is 597 g/mol. The number of ether oxygens (including phenoxy) is 2. The zero-order chi connectivity index (χ0) is 29.9. The standard InChI is InChI=1S/C32H22ClFN4O5/c1-41-28-14-19(6-12-27(28)42-18-30(39)36-23-10-8-22(34)9-11-23)17-35-38-31(37-25-5-3-2-4-24(25)32(38)40)29-16-20-15-21(33)7-13-26(20)43-29/h2-17H,18H2,1H3,(H,36,39). The molecule has 4 aromatic carbocycles. The summed E-state index contributed by atoms with van der Waals surface area (Å²) in [7, 11) is 1.46. The first kappa shape index (κ1) is 27.7. The number of benzene rings is 4. The number of anilines is 1. The van der Waals surface area contributed by atoms with Crippen molar-refractivity contribution in [3.8, 4) is 23.1 Å². The van der Waals surface area contributed by atoms with Crippen molar-refractivity contribution in [3.05, 3.63) is 118 Å². The zero-order valence-corrected chi connectivity index (χ0v) is 23.3. The van der Waals surface area contributed by atoms with E-state index in [9.17, 15) is 14.0 Å². The molecule has 1 amide bonds. The third-order valence-electron chi connectivity index (χ3n) is 6.45. The van der Waals surface area contributed by atoms with E-state index in [2.05, 4.69) is 15.4 Å². The van der Waals surface area contributed by atoms with Crippen LogP contribution in [0.5, 0.6) is 11.5 Å². The highest BCUT2D eigenvalue weighted by atomic mass is 35.5. The smallest absolute Gasteiger partial charge is 0.282 e. The van der Waals surface area contributed by atoms with Crippen LogP contribution < -0.4 is 20.3 Å². The molecule has 1 N–H and O–H groups in total. The van der Waals surface area contributed by atoms with E-state index in [0.717, 1.165) is 5.39 Å². The minimum Gasteiger partial charge on any atom is -0.493 e. The Hall–Kier alpha value is -5.48. The Kier molecular flexibility index (Phi) is 7.59. The van der Waals surface area contributed by atoms with Gasteiger partial charge in [-0.25, -0.2) is 9.37 Å². The van der Waals surface area contributed by atoms with Crippen LogP contribution in [0.4, 0.5) is 10.1 Å². The molecule has 0 radical (unpaired) electrons. The van der Waals surface area contributed by atoms with Crippen LogP contribution in [-0.2, 0) is 4.79 Å². The predicted molar refractivity (Wildman–Crippen MR) is 163 cm³/mol. The van der Waals surface area contributed by atoms with Gasteiger partial charge in [-0.05, 0) is 84.4 Å². The van der Waals surface area contributed by atoms with Crippen molar-refractivity contribution in [1.82, 2.24) is 9.66 Å². The highest BCUT2D eigenvalue weighted by molar-refractivity contribution is 6.31. The van der Waals surface area contributed by atoms with Crippen molar-refractivity contribution in [2.45, 2.75) is 0 Å². The molecule has 2 aromatic heterocycles. The van der Waals surface area contributed by atoms with Gasteiger partial charge in [-0.2, -0.15) is 9.78 Å². The number of amides is 1. The first-order valence-corrected chi connectivity index (χ1v) is 13.4. The number of carbonyl (C=O) groups is 1. The molecular weight excluding hydrogens is 575 g/mol. The van der Waals surface area contributed by atoms with Gasteiger partial charge in [0.25, 0.3) is 11.5 Å². The van der Waals surface area contributed by atoms with Crippen LogP contribution in [0.15, 0.2) is 105 Å². The van der Waals surface area contributed by atoms with Gasteiger partial charge >= 0.3 is 0 Å². The number of furan rings is 1. The lowest BCUT2D eigenvalue weighted by atomic mass is 10.2. The number of carbonyl (C=O) groups excluding carboxylic acids is 1. The van der Waals surface area contributed by atoms with E-state index in [-0.39, 0.29) is 18.0 Å². The van der Waals surface area contributed by atoms with Crippen LogP contribution in [0.1, 0.15) is 5.56 Å². The summed E-state index contributed by atoms with van der Waals surface area (Å²) < 4.78 is 31.4. The molecule has 0 bridgehead atoms. The van der Waals surface area contributed by atoms with Gasteiger partial charge in [0.05, 0.1) is 24.2 Å². The van der Waals surface area contributed by atoms with Crippen LogP contribution in [-0.4, -0.2) is 35.5 Å². The van der Waals surface area contributed by atoms with Gasteiger partial charge in [0, 0.05) is 16.1 Å². The van der Waals surface area contributed by atoms with E-state index in [0.29, 0.717) is 50.0 Å². The van der Waals surface area contributed by atoms with Gasteiger partial charge < -0.3 is 19.2 Å². The van der Waals surface area contributed by atoms with E-state index in [1.54, 1.807) is 66.7 Å². The van der Waals surface area contributed by atoms with E-state index in [4.69, 9.17) is 25.5 Å². The third-order valence-corrected chi connectivity index (χ3v) is 6.68. The van der Waals surface area contributed by atoms with Crippen LogP contribution >= 0.6 is 11.6 Å². The molecule has 0 saturated carbocycles. The van der Waals surface area contributed by atoms with Gasteiger partial charge in [-0.1, -0.05) is 23.7 Å². The number of fused-ring (bicyclic) bond motifs is 2. The van der Waals surface area contributed by atoms with Crippen LogP contribution in [0, 0.1) is 5.82 Å². The average Bonchev–Trinajstić information content (AvgIpc) is 3.44. The van der Waals surface area contributed by atoms with Crippen molar-refractivity contribution >= 4 is 51.3 Å². The Morgan fingerprint density at radius 2 is 1.86 bits per heavy atom. The number of hydrogen-bond acceptors (Lipinski definition) is 7. The summed E-state index contributed by atoms with van der Waals surface area (Å²) in [6, 6.07) is 24.3. The molecule has 0 atom stereocenters. The van der Waals surface area contributed by atoms with Crippen molar-refractivity contribution < 1.29 is 23.1 Å². The first-order valence-electron chi connectivity index (χ1n) is 13.0. The van der Waals surface area contributed by atoms with Gasteiger partial charge in [-0.15, -0.1) is 0 Å². The predicted octanol–water partition coefficient (Wildman–Crippen LogP) is 6.51. The van der Waals surface area contributed by atoms with E-state index < -0.39 is 11.7 Å². The number of aromatic nitrogens is 2. The van der Waals surface area contributed by atoms with Gasteiger partial charge in [0.1, 0.15) is 11.4 Å². The monoisotopic (exact) mass is 596 g/mol. The van der Waals surface area contributed by atoms with Gasteiger partial charge in [-0.3, -0.25) is 9.59 Å². The number of halogens is 2. The molecule has 0 aliphatic carbocycles. The molecule has 0 saturated heterocycles. The van der Waals surface area contributed by atoms with Crippen molar-refractivity contribution in [1.29, 1.82) is 0 Å². The first-order chi connectivity index (χ1) is 20.9. The maximum absolute atomic E-state index is 13.5. The molecule has 0 fully saturated rings. The SMILES string of the molecule is COc1cc(C=Nn2c(-c3cc4cc(Cl)ccc4o3)nc3ccccc3c2=O)ccc1OCC(=O)Nc1ccc(F)cc1. The second kappa shape index (κ2) is 11.8. The highest BCUT2D eigenvalue weighted by Crippen LogP contribution is 2.30. The summed E-state index contributed by atoms with van der Waals surface area (Å²) in [5.41, 5.74) is 1.73. The molecule has 0 spiro atoms. The van der Waals surface area contributed by atoms with Crippen LogP contribution in [0.2, 0.25) is 5.02 Å². The number of para-hydroxylation sites is 1. The summed E-state index contributed by atoms with van der Waals surface area (Å²) in [6.07, 6.45) is 1.48. The van der Waals surface area contributed by atoms with Crippen molar-refractivity contribution in [3.63, 3.8) is 0 Å². The maximum atomic E-state index is 13.5. The number of rotatable bonds is 8. The van der Waals surface area contributed by atoms with Gasteiger partial charge in [0.2, 0.25) is 5.82 Å². The van der Waals surface area contributed by atoms with Crippen molar-refractivity contribution in [2.75, 3.05) is 19.0 Å². The molecule has 2 heterocycles. The Labute approximate surface area is 248 Å².